The number of rotatable bonds is 7. The van der Waals surface area contributed by atoms with E-state index in [1.54, 1.807) is 41.1 Å². The van der Waals surface area contributed by atoms with Gasteiger partial charge in [0.25, 0.3) is 15.9 Å². The number of unbranched alkanes of at least 4 members (excludes halogenated alkanes) is 1. The second kappa shape index (κ2) is 8.39. The number of para-hydroxylation sites is 1. The highest BCUT2D eigenvalue weighted by molar-refractivity contribution is 7.99. The lowest BCUT2D eigenvalue weighted by Crippen LogP contribution is -2.33. The number of nitrogens with zero attached hydrogens (tertiary/aromatic N) is 3. The van der Waals surface area contributed by atoms with Gasteiger partial charge in [0.15, 0.2) is 5.82 Å². The molecule has 0 saturated heterocycles. The van der Waals surface area contributed by atoms with Crippen molar-refractivity contribution >= 4 is 26.7 Å². The van der Waals surface area contributed by atoms with Crippen molar-refractivity contribution in [3.63, 3.8) is 0 Å². The fraction of sp³-hybridized carbons (Fsp3) is 0.217. The molecule has 160 valence electrons. The summed E-state index contributed by atoms with van der Waals surface area (Å²) in [4.78, 5) is 13.2. The summed E-state index contributed by atoms with van der Waals surface area (Å²) in [5.41, 5.74) is 2.23. The zero-order chi connectivity index (χ0) is 22.0. The molecule has 0 fully saturated rings. The molecule has 0 bridgehead atoms. The second-order valence-electron chi connectivity index (χ2n) is 7.35. The Morgan fingerprint density at radius 3 is 2.29 bits per heavy atom. The molecule has 2 aromatic carbocycles. The van der Waals surface area contributed by atoms with E-state index in [4.69, 9.17) is 0 Å². The largest absolute Gasteiger partial charge is 0.333 e. The monoisotopic (exact) mass is 436 g/mol. The fourth-order valence-electron chi connectivity index (χ4n) is 3.58. The van der Waals surface area contributed by atoms with Crippen LogP contribution in [0.3, 0.4) is 0 Å². The van der Waals surface area contributed by atoms with Gasteiger partial charge in [-0.3, -0.25) is 4.79 Å². The van der Waals surface area contributed by atoms with Gasteiger partial charge in [-0.05, 0) is 31.0 Å². The Labute approximate surface area is 182 Å². The van der Waals surface area contributed by atoms with Gasteiger partial charge < -0.3 is 5.32 Å². The van der Waals surface area contributed by atoms with Crippen molar-refractivity contribution in [2.24, 2.45) is 0 Å². The molecule has 3 aromatic rings. The molecule has 8 heteroatoms. The van der Waals surface area contributed by atoms with E-state index in [1.165, 1.54) is 0 Å². The Morgan fingerprint density at radius 1 is 1.00 bits per heavy atom. The van der Waals surface area contributed by atoms with Crippen LogP contribution in [0, 0.1) is 6.92 Å². The summed E-state index contributed by atoms with van der Waals surface area (Å²) in [7, 11) is -3.96. The molecule has 1 aliphatic rings. The maximum Gasteiger partial charge on any atom is 0.285 e. The Balaban J connectivity index is 1.78. The lowest BCUT2D eigenvalue weighted by molar-refractivity contribution is -0.122. The molecule has 0 atom stereocenters. The topological polar surface area (TPSA) is 84.3 Å². The van der Waals surface area contributed by atoms with Crippen LogP contribution in [0.25, 0.3) is 10.6 Å². The Morgan fingerprint density at radius 2 is 1.65 bits per heavy atom. The van der Waals surface area contributed by atoms with Gasteiger partial charge in [0, 0.05) is 18.3 Å². The molecule has 0 spiro atoms. The van der Waals surface area contributed by atoms with E-state index < -0.39 is 15.9 Å². The first-order chi connectivity index (χ1) is 14.9. The lowest BCUT2D eigenvalue weighted by Gasteiger charge is -2.15. The second-order valence-corrected chi connectivity index (χ2v) is 9.15. The molecular weight excluding hydrogens is 412 g/mol. The van der Waals surface area contributed by atoms with Gasteiger partial charge in [0.1, 0.15) is 10.6 Å². The number of hydrogen-bond donors (Lipinski definition) is 1. The minimum absolute atomic E-state index is 0.0129. The molecule has 7 nitrogen and oxygen atoms in total. The average molecular weight is 437 g/mol. The van der Waals surface area contributed by atoms with Crippen molar-refractivity contribution < 1.29 is 13.2 Å². The summed E-state index contributed by atoms with van der Waals surface area (Å²) in [5.74, 6) is -0.148. The first-order valence-electron chi connectivity index (χ1n) is 10.2. The number of benzene rings is 2. The van der Waals surface area contributed by atoms with Crippen LogP contribution in [0.4, 0.5) is 5.82 Å². The van der Waals surface area contributed by atoms with E-state index in [2.05, 4.69) is 10.4 Å². The number of hydrogen-bond acceptors (Lipinski definition) is 5. The molecule has 0 aliphatic carbocycles. The van der Waals surface area contributed by atoms with Crippen LogP contribution >= 0.6 is 0 Å². The van der Waals surface area contributed by atoms with Gasteiger partial charge in [-0.25, -0.2) is 17.4 Å². The molecule has 0 saturated carbocycles. The lowest BCUT2D eigenvalue weighted by atomic mass is 10.2. The predicted octanol–water partition coefficient (Wildman–Crippen LogP) is 3.93. The molecule has 1 aliphatic heterocycles. The van der Waals surface area contributed by atoms with Crippen LogP contribution in [0.2, 0.25) is 0 Å². The normalized spacial score (nSPS) is 15.5. The van der Waals surface area contributed by atoms with E-state index in [9.17, 15) is 13.2 Å². The molecule has 1 amide bonds. The number of carbonyl (C=O) groups excluding carboxylic acids is 1. The van der Waals surface area contributed by atoms with Gasteiger partial charge in [0.2, 0.25) is 0 Å². The number of nitrogens with one attached hydrogen (secondary N) is 1. The fourth-order valence-corrected chi connectivity index (χ4v) is 5.31. The van der Waals surface area contributed by atoms with Crippen molar-refractivity contribution in [3.8, 4) is 5.69 Å². The summed E-state index contributed by atoms with van der Waals surface area (Å²) < 4.78 is 29.3. The van der Waals surface area contributed by atoms with Crippen molar-refractivity contribution in [3.05, 3.63) is 83.7 Å². The Bertz CT molecular complexity index is 1230. The smallest absolute Gasteiger partial charge is 0.285 e. The van der Waals surface area contributed by atoms with Crippen LogP contribution in [0.5, 0.6) is 0 Å². The number of aromatic nitrogens is 2. The van der Waals surface area contributed by atoms with Gasteiger partial charge in [-0.1, -0.05) is 61.9 Å². The molecule has 0 radical (unpaired) electrons. The van der Waals surface area contributed by atoms with Crippen LogP contribution < -0.4 is 5.32 Å². The van der Waals surface area contributed by atoms with Crippen molar-refractivity contribution in [1.29, 1.82) is 0 Å². The number of anilines is 1. The van der Waals surface area contributed by atoms with E-state index in [1.807, 2.05) is 44.2 Å². The Hall–Kier alpha value is -3.39. The number of carbonyl (C=O) groups is 1. The molecule has 1 aromatic heterocycles. The van der Waals surface area contributed by atoms with Gasteiger partial charge in [0.05, 0.1) is 5.69 Å². The number of aryl methyl sites for hydroxylation is 1. The summed E-state index contributed by atoms with van der Waals surface area (Å²) in [6.45, 7) is 4.01. The van der Waals surface area contributed by atoms with Crippen molar-refractivity contribution in [1.82, 2.24) is 14.1 Å². The van der Waals surface area contributed by atoms with Crippen LogP contribution in [-0.2, 0) is 14.8 Å². The Kier molecular flexibility index (Phi) is 5.65. The third kappa shape index (κ3) is 3.86. The molecule has 4 rings (SSSR count). The zero-order valence-electron chi connectivity index (χ0n) is 17.4. The zero-order valence-corrected chi connectivity index (χ0v) is 18.3. The quantitative estimate of drug-likeness (QED) is 0.607. The molecule has 0 unspecified atom stereocenters. The molecule has 31 heavy (non-hydrogen) atoms. The SMILES string of the molecule is CCCCN1C(=O)C(Nc2cc(C)n(-c3ccccc3)n2)=C(c2ccccc2)S1(=O)=O. The summed E-state index contributed by atoms with van der Waals surface area (Å²) >= 11 is 0. The van der Waals surface area contributed by atoms with E-state index >= 15 is 0 Å². The third-order valence-corrected chi connectivity index (χ3v) is 6.99. The highest BCUT2D eigenvalue weighted by atomic mass is 32.2. The van der Waals surface area contributed by atoms with E-state index in [0.29, 0.717) is 17.8 Å². The summed E-state index contributed by atoms with van der Waals surface area (Å²) in [5, 5.41) is 7.56. The van der Waals surface area contributed by atoms with Gasteiger partial charge in [-0.15, -0.1) is 5.10 Å². The molecular formula is C23H24N4O3S. The first-order valence-corrected chi connectivity index (χ1v) is 11.6. The van der Waals surface area contributed by atoms with Crippen LogP contribution in [0.1, 0.15) is 31.0 Å². The maximum atomic E-state index is 13.3. The van der Waals surface area contributed by atoms with Crippen LogP contribution in [-0.4, -0.2) is 35.0 Å². The molecule has 2 heterocycles. The van der Waals surface area contributed by atoms with E-state index in [0.717, 1.165) is 22.1 Å². The standard InChI is InChI=1S/C23H24N4O3S/c1-3-4-15-26-23(28)21(22(31(26,29)30)18-11-7-5-8-12-18)24-20-16-17(2)27(25-20)19-13-9-6-10-14-19/h5-14,16H,3-4,15H2,1-2H3,(H,24,25). The minimum Gasteiger partial charge on any atom is -0.333 e. The van der Waals surface area contributed by atoms with Crippen molar-refractivity contribution in [2.75, 3.05) is 11.9 Å². The predicted molar refractivity (Wildman–Crippen MR) is 121 cm³/mol. The minimum atomic E-state index is -3.96. The average Bonchev–Trinajstić information content (AvgIpc) is 3.22. The van der Waals surface area contributed by atoms with Crippen LogP contribution in [0.15, 0.2) is 72.4 Å². The maximum absolute atomic E-state index is 13.3. The third-order valence-electron chi connectivity index (χ3n) is 5.11. The summed E-state index contributed by atoms with van der Waals surface area (Å²) in [6.07, 6.45) is 1.38. The van der Waals surface area contributed by atoms with E-state index in [-0.39, 0.29) is 17.1 Å². The number of amides is 1. The van der Waals surface area contributed by atoms with Gasteiger partial charge >= 0.3 is 0 Å². The highest BCUT2D eigenvalue weighted by Gasteiger charge is 2.44. The molecule has 1 N–H and O–H groups in total. The van der Waals surface area contributed by atoms with Crippen molar-refractivity contribution in [2.45, 2.75) is 26.7 Å². The van der Waals surface area contributed by atoms with Gasteiger partial charge in [-0.2, -0.15) is 0 Å². The summed E-state index contributed by atoms with van der Waals surface area (Å²) in [6, 6.07) is 20.1. The first kappa shape index (κ1) is 20.9. The number of sulfonamides is 1. The highest BCUT2D eigenvalue weighted by Crippen LogP contribution is 2.36.